The van der Waals surface area contributed by atoms with Gasteiger partial charge in [-0.2, -0.15) is 4.31 Å². The molecule has 116 valence electrons. The van der Waals surface area contributed by atoms with E-state index < -0.39 is 10.0 Å². The summed E-state index contributed by atoms with van der Waals surface area (Å²) in [6.07, 6.45) is 9.52. The van der Waals surface area contributed by atoms with Gasteiger partial charge in [-0.25, -0.2) is 8.42 Å². The minimum absolute atomic E-state index is 0.257. The Labute approximate surface area is 141 Å². The number of halogens is 1. The smallest absolute Gasteiger partial charge is 0.207 e. The van der Waals surface area contributed by atoms with E-state index in [2.05, 4.69) is 22.6 Å². The van der Waals surface area contributed by atoms with E-state index in [0.29, 0.717) is 4.90 Å². The molecule has 0 bridgehead atoms. The predicted octanol–water partition coefficient (Wildman–Crippen LogP) is 4.17. The van der Waals surface area contributed by atoms with E-state index in [1.807, 2.05) is 12.1 Å². The van der Waals surface area contributed by atoms with Crippen molar-refractivity contribution in [3.63, 3.8) is 0 Å². The van der Waals surface area contributed by atoms with E-state index in [1.165, 1.54) is 38.5 Å². The van der Waals surface area contributed by atoms with Crippen molar-refractivity contribution in [1.29, 1.82) is 0 Å². The molecule has 1 saturated carbocycles. The van der Waals surface area contributed by atoms with Crippen LogP contribution in [-0.4, -0.2) is 24.8 Å². The maximum Gasteiger partial charge on any atom is 0.243 e. The minimum Gasteiger partial charge on any atom is -0.207 e. The van der Waals surface area contributed by atoms with Gasteiger partial charge in [0.15, 0.2) is 0 Å². The zero-order valence-corrected chi connectivity index (χ0v) is 15.1. The van der Waals surface area contributed by atoms with Gasteiger partial charge in [-0.15, -0.1) is 0 Å². The van der Waals surface area contributed by atoms with Crippen molar-refractivity contribution < 1.29 is 8.42 Å². The number of sulfonamides is 1. The molecule has 0 radical (unpaired) electrons. The number of fused-ring (bicyclic) bond motifs is 1. The van der Waals surface area contributed by atoms with Crippen LogP contribution in [0.4, 0.5) is 0 Å². The van der Waals surface area contributed by atoms with Crippen molar-refractivity contribution in [1.82, 2.24) is 4.31 Å². The van der Waals surface area contributed by atoms with Crippen LogP contribution in [0.15, 0.2) is 29.2 Å². The third-order valence-corrected chi connectivity index (χ3v) is 7.33. The van der Waals surface area contributed by atoms with Crippen LogP contribution < -0.4 is 0 Å². The van der Waals surface area contributed by atoms with Gasteiger partial charge in [0.25, 0.3) is 0 Å². The molecule has 1 unspecified atom stereocenters. The highest BCUT2D eigenvalue weighted by atomic mass is 127. The molecule has 1 aromatic carbocycles. The summed E-state index contributed by atoms with van der Waals surface area (Å²) in [5.74, 6) is 0. The Hall–Kier alpha value is -0.140. The first-order valence-electron chi connectivity index (χ1n) is 7.90. The molecule has 1 aromatic rings. The van der Waals surface area contributed by atoms with Crippen LogP contribution in [0.2, 0.25) is 0 Å². The molecule has 21 heavy (non-hydrogen) atoms. The number of hydrogen-bond acceptors (Lipinski definition) is 2. The van der Waals surface area contributed by atoms with Crippen molar-refractivity contribution >= 4 is 32.6 Å². The van der Waals surface area contributed by atoms with Crippen LogP contribution in [0.25, 0.3) is 0 Å². The quantitative estimate of drug-likeness (QED) is 0.533. The summed E-state index contributed by atoms with van der Waals surface area (Å²) in [6, 6.07) is 7.73. The average molecular weight is 419 g/mol. The highest BCUT2D eigenvalue weighted by Crippen LogP contribution is 2.42. The third kappa shape index (κ3) is 3.45. The second-order valence-electron chi connectivity index (χ2n) is 6.12. The van der Waals surface area contributed by atoms with Crippen molar-refractivity contribution in [2.45, 2.75) is 68.3 Å². The largest absolute Gasteiger partial charge is 0.243 e. The number of rotatable bonds is 2. The lowest BCUT2D eigenvalue weighted by molar-refractivity contribution is 0.534. The summed E-state index contributed by atoms with van der Waals surface area (Å²) in [7, 11) is -3.29. The van der Waals surface area contributed by atoms with Crippen molar-refractivity contribution in [2.24, 2.45) is 0 Å². The van der Waals surface area contributed by atoms with Crippen LogP contribution in [0.3, 0.4) is 0 Å². The number of hydrogen-bond donors (Lipinski definition) is 0. The molecule has 0 N–H and O–H groups in total. The number of benzene rings is 1. The van der Waals surface area contributed by atoms with Crippen LogP contribution in [0.1, 0.15) is 51.4 Å². The molecule has 1 aliphatic heterocycles. The molecule has 3 nitrogen and oxygen atoms in total. The monoisotopic (exact) mass is 419 g/mol. The first-order chi connectivity index (χ1) is 10.1. The molecule has 0 amide bonds. The Morgan fingerprint density at radius 3 is 1.86 bits per heavy atom. The fraction of sp³-hybridized carbons (Fsp3) is 0.625. The normalized spacial score (nSPS) is 30.4. The topological polar surface area (TPSA) is 37.1 Å². The maximum absolute atomic E-state index is 12.8. The molecule has 5 heteroatoms. The lowest BCUT2D eigenvalue weighted by Crippen LogP contribution is -2.16. The van der Waals surface area contributed by atoms with Gasteiger partial charge in [0, 0.05) is 15.7 Å². The van der Waals surface area contributed by atoms with Gasteiger partial charge in [0.05, 0.1) is 4.90 Å². The fourth-order valence-corrected chi connectivity index (χ4v) is 5.68. The fourth-order valence-electron chi connectivity index (χ4n) is 3.45. The van der Waals surface area contributed by atoms with E-state index in [9.17, 15) is 8.42 Å². The van der Waals surface area contributed by atoms with Crippen molar-refractivity contribution in [2.75, 3.05) is 0 Å². The van der Waals surface area contributed by atoms with E-state index in [4.69, 9.17) is 0 Å². The van der Waals surface area contributed by atoms with E-state index in [0.717, 1.165) is 16.4 Å². The van der Waals surface area contributed by atoms with Gasteiger partial charge < -0.3 is 0 Å². The van der Waals surface area contributed by atoms with Gasteiger partial charge in [-0.3, -0.25) is 0 Å². The molecule has 0 aromatic heterocycles. The van der Waals surface area contributed by atoms with Crippen molar-refractivity contribution in [3.05, 3.63) is 27.8 Å². The Balaban J connectivity index is 1.77. The Bertz CT molecular complexity index is 569. The molecular formula is C16H22INO2S. The summed E-state index contributed by atoms with van der Waals surface area (Å²) < 4.78 is 28.4. The second kappa shape index (κ2) is 6.54. The van der Waals surface area contributed by atoms with E-state index >= 15 is 0 Å². The molecule has 3 rings (SSSR count). The minimum atomic E-state index is -3.29. The summed E-state index contributed by atoms with van der Waals surface area (Å²) >= 11 is 2.20. The molecular weight excluding hydrogens is 397 g/mol. The van der Waals surface area contributed by atoms with Gasteiger partial charge in [-0.1, -0.05) is 38.5 Å². The lowest BCUT2D eigenvalue weighted by atomic mass is 10.0. The Morgan fingerprint density at radius 2 is 1.33 bits per heavy atom. The zero-order chi connectivity index (χ0) is 14.9. The Morgan fingerprint density at radius 1 is 0.857 bits per heavy atom. The Kier molecular flexibility index (Phi) is 4.90. The zero-order valence-electron chi connectivity index (χ0n) is 12.2. The summed E-state index contributed by atoms with van der Waals surface area (Å²) in [6.45, 7) is 0. The van der Waals surface area contributed by atoms with Gasteiger partial charge in [0.1, 0.15) is 0 Å². The van der Waals surface area contributed by atoms with Crippen LogP contribution in [0, 0.1) is 3.57 Å². The molecule has 2 aliphatic rings. The standard InChI is InChI=1S/C16H22INO2S/c17-13-9-11-14(12-10-13)21(19,20)18-15-7-5-3-1-2-4-6-8-16(15)18/h9-12,15-16H,1-8H2/t15-,16+,18?. The molecule has 0 spiro atoms. The predicted molar refractivity (Wildman–Crippen MR) is 92.7 cm³/mol. The van der Waals surface area contributed by atoms with Crippen LogP contribution >= 0.6 is 22.6 Å². The molecule has 1 heterocycles. The molecule has 1 saturated heterocycles. The first kappa shape index (κ1) is 15.7. The van der Waals surface area contributed by atoms with Gasteiger partial charge in [-0.05, 0) is 59.7 Å². The highest BCUT2D eigenvalue weighted by Gasteiger charge is 2.53. The summed E-state index contributed by atoms with van der Waals surface area (Å²) in [5, 5.41) is 0. The SMILES string of the molecule is O=S(=O)(c1ccc(I)cc1)N1[C@@H]2CCCCCCCC[C@@H]21. The molecule has 2 fully saturated rings. The third-order valence-electron chi connectivity index (χ3n) is 4.65. The summed E-state index contributed by atoms with van der Waals surface area (Å²) in [4.78, 5) is 0.449. The van der Waals surface area contributed by atoms with Crippen LogP contribution in [0.5, 0.6) is 0 Å². The van der Waals surface area contributed by atoms with Gasteiger partial charge in [0.2, 0.25) is 10.0 Å². The average Bonchev–Trinajstić information content (AvgIpc) is 3.18. The lowest BCUT2D eigenvalue weighted by Gasteiger charge is -2.07. The van der Waals surface area contributed by atoms with Gasteiger partial charge >= 0.3 is 0 Å². The second-order valence-corrected chi connectivity index (χ2v) is 9.21. The van der Waals surface area contributed by atoms with E-state index in [1.54, 1.807) is 16.4 Å². The van der Waals surface area contributed by atoms with E-state index in [-0.39, 0.29) is 12.1 Å². The van der Waals surface area contributed by atoms with Crippen molar-refractivity contribution in [3.8, 4) is 0 Å². The van der Waals surface area contributed by atoms with Crippen LogP contribution in [-0.2, 0) is 10.0 Å². The number of nitrogens with zero attached hydrogens (tertiary/aromatic N) is 1. The first-order valence-corrected chi connectivity index (χ1v) is 10.4. The highest BCUT2D eigenvalue weighted by molar-refractivity contribution is 14.1. The maximum atomic E-state index is 12.8. The molecule has 1 aliphatic carbocycles. The summed E-state index contributed by atoms with van der Waals surface area (Å²) in [5.41, 5.74) is 0. The molecule has 3 atom stereocenters.